The maximum atomic E-state index is 10.9. The van der Waals surface area contributed by atoms with E-state index in [1.165, 1.54) is 25.7 Å². The Morgan fingerprint density at radius 2 is 1.03 bits per heavy atom. The smallest absolute Gasteiger partial charge is 1.00 e. The van der Waals surface area contributed by atoms with Gasteiger partial charge < -0.3 is 12.3 Å². The van der Waals surface area contributed by atoms with Crippen molar-refractivity contribution in [3.8, 4) is 0 Å². The molecule has 7 heteroatoms. The minimum absolute atomic E-state index is 0. The molecule has 0 fully saturated rings. The number of carbonyl (C=O) groups is 2. The minimum atomic E-state index is -0.121. The Morgan fingerprint density at radius 1 is 0.690 bits per heavy atom. The van der Waals surface area contributed by atoms with Crippen LogP contribution >= 0.6 is 25.3 Å². The second-order valence-corrected chi connectivity index (χ2v) is 8.77. The third-order valence-electron chi connectivity index (χ3n) is 4.01. The van der Waals surface area contributed by atoms with Crippen molar-refractivity contribution in [1.29, 1.82) is 0 Å². The molecular formula is C22H46CaO4S2. The summed E-state index contributed by atoms with van der Waals surface area (Å²) < 4.78 is 10.0. The molecule has 0 N–H and O–H groups in total. The van der Waals surface area contributed by atoms with E-state index in [0.717, 1.165) is 37.5 Å². The Morgan fingerprint density at radius 3 is 1.31 bits per heavy atom. The summed E-state index contributed by atoms with van der Waals surface area (Å²) in [6.07, 6.45) is 10.2. The summed E-state index contributed by atoms with van der Waals surface area (Å²) in [6, 6.07) is 0. The van der Waals surface area contributed by atoms with Crippen LogP contribution in [0.4, 0.5) is 0 Å². The molecule has 0 aliphatic carbocycles. The topological polar surface area (TPSA) is 52.6 Å². The molecule has 0 aliphatic heterocycles. The molecule has 0 heterocycles. The van der Waals surface area contributed by atoms with Gasteiger partial charge in [0, 0.05) is 11.5 Å². The predicted octanol–water partition coefficient (Wildman–Crippen LogP) is 5.98. The Labute approximate surface area is 223 Å². The van der Waals surface area contributed by atoms with Gasteiger partial charge in [0.2, 0.25) is 0 Å². The third-order valence-corrected chi connectivity index (χ3v) is 4.46. The largest absolute Gasteiger partial charge is 2.00 e. The summed E-state index contributed by atoms with van der Waals surface area (Å²) in [6.45, 7) is 10.1. The summed E-state index contributed by atoms with van der Waals surface area (Å²) in [5, 5.41) is 0. The molecule has 0 amide bonds. The van der Waals surface area contributed by atoms with Crippen LogP contribution in [0.5, 0.6) is 0 Å². The Hall–Kier alpha value is 0.900. The van der Waals surface area contributed by atoms with Crippen LogP contribution in [0.15, 0.2) is 0 Å². The van der Waals surface area contributed by atoms with Crippen LogP contribution in [0, 0.1) is 11.8 Å². The second-order valence-electron chi connectivity index (χ2n) is 7.87. The number of rotatable bonds is 16. The van der Waals surface area contributed by atoms with Crippen molar-refractivity contribution in [2.45, 2.75) is 91.9 Å². The van der Waals surface area contributed by atoms with Crippen molar-refractivity contribution in [3.63, 3.8) is 0 Å². The summed E-state index contributed by atoms with van der Waals surface area (Å²) in [5.74, 6) is 2.47. The van der Waals surface area contributed by atoms with Crippen LogP contribution < -0.4 is 0 Å². The fraction of sp³-hybridized carbons (Fsp3) is 0.909. The van der Waals surface area contributed by atoms with E-state index in [9.17, 15) is 9.59 Å². The number of esters is 2. The molecule has 0 saturated carbocycles. The summed E-state index contributed by atoms with van der Waals surface area (Å²) in [4.78, 5) is 21.8. The summed E-state index contributed by atoms with van der Waals surface area (Å²) in [7, 11) is 0. The molecule has 0 saturated heterocycles. The first kappa shape index (κ1) is 34.5. The molecule has 4 nitrogen and oxygen atoms in total. The molecule has 0 radical (unpaired) electrons. The van der Waals surface area contributed by atoms with Gasteiger partial charge in [-0.2, -0.15) is 25.3 Å². The fourth-order valence-corrected chi connectivity index (χ4v) is 2.73. The van der Waals surface area contributed by atoms with Gasteiger partial charge in [0.15, 0.2) is 0 Å². The maximum Gasteiger partial charge on any atom is 2.00 e. The van der Waals surface area contributed by atoms with Gasteiger partial charge in [0.1, 0.15) is 0 Å². The summed E-state index contributed by atoms with van der Waals surface area (Å²) >= 11 is 7.92. The average Bonchev–Trinajstić information content (AvgIpc) is 2.61. The van der Waals surface area contributed by atoms with E-state index in [0.29, 0.717) is 37.6 Å². The standard InChI is InChI=1S/2C11H22O2S.Ca.2H/c2*1-10(2)6-4-3-5-8-13-11(12)7-9-14;;;/h2*10,14H,3-9H2,1-2H3;;;/q;;+2;2*-1. The molecule has 0 aromatic heterocycles. The number of carbonyl (C=O) groups excluding carboxylic acids is 2. The van der Waals surface area contributed by atoms with Gasteiger partial charge >= 0.3 is 49.7 Å². The van der Waals surface area contributed by atoms with Gasteiger partial charge in [-0.15, -0.1) is 0 Å². The van der Waals surface area contributed by atoms with Crippen LogP contribution in [0.1, 0.15) is 94.8 Å². The van der Waals surface area contributed by atoms with E-state index in [1.54, 1.807) is 0 Å². The zero-order valence-corrected chi connectivity index (χ0v) is 23.3. The molecule has 0 bridgehead atoms. The van der Waals surface area contributed by atoms with Crippen LogP contribution in [0.3, 0.4) is 0 Å². The van der Waals surface area contributed by atoms with Gasteiger partial charge in [-0.05, 0) is 24.7 Å². The van der Waals surface area contributed by atoms with E-state index in [4.69, 9.17) is 9.47 Å². The second kappa shape index (κ2) is 26.9. The normalized spacial score (nSPS) is 10.2. The minimum Gasteiger partial charge on any atom is -1.00 e. The van der Waals surface area contributed by atoms with E-state index < -0.39 is 0 Å². The molecule has 0 spiro atoms. The quantitative estimate of drug-likeness (QED) is 0.124. The number of hydrogen-bond donors (Lipinski definition) is 2. The zero-order chi connectivity index (χ0) is 21.6. The van der Waals surface area contributed by atoms with E-state index in [1.807, 2.05) is 0 Å². The van der Waals surface area contributed by atoms with E-state index in [-0.39, 0.29) is 52.5 Å². The van der Waals surface area contributed by atoms with Crippen LogP contribution in [0.25, 0.3) is 0 Å². The van der Waals surface area contributed by atoms with Crippen molar-refractivity contribution < 1.29 is 21.9 Å². The molecule has 172 valence electrons. The van der Waals surface area contributed by atoms with Crippen LogP contribution in [-0.4, -0.2) is 74.4 Å². The molecule has 0 rings (SSSR count). The van der Waals surface area contributed by atoms with Crippen molar-refractivity contribution >= 4 is 74.9 Å². The van der Waals surface area contributed by atoms with Gasteiger partial charge in [0.05, 0.1) is 26.1 Å². The monoisotopic (exact) mass is 478 g/mol. The molecule has 0 aliphatic rings. The Bertz CT molecular complexity index is 343. The maximum absolute atomic E-state index is 10.9. The number of unbranched alkanes of at least 4 members (excludes halogenated alkanes) is 4. The van der Waals surface area contributed by atoms with Gasteiger partial charge in [-0.1, -0.05) is 66.2 Å². The van der Waals surface area contributed by atoms with Gasteiger partial charge in [0.25, 0.3) is 0 Å². The number of thiol groups is 2. The molecule has 0 atom stereocenters. The molecular weight excluding hydrogens is 432 g/mol. The van der Waals surface area contributed by atoms with Crippen molar-refractivity contribution in [1.82, 2.24) is 0 Å². The van der Waals surface area contributed by atoms with E-state index in [2.05, 4.69) is 53.0 Å². The first-order valence-electron chi connectivity index (χ1n) is 10.9. The van der Waals surface area contributed by atoms with E-state index >= 15 is 0 Å². The molecule has 0 aromatic carbocycles. The van der Waals surface area contributed by atoms with Gasteiger partial charge in [-0.3, -0.25) is 9.59 Å². The first-order chi connectivity index (χ1) is 13.3. The first-order valence-corrected chi connectivity index (χ1v) is 12.1. The fourth-order valence-electron chi connectivity index (χ4n) is 2.36. The van der Waals surface area contributed by atoms with Crippen LogP contribution in [-0.2, 0) is 19.1 Å². The number of ether oxygens (including phenoxy) is 2. The molecule has 29 heavy (non-hydrogen) atoms. The predicted molar refractivity (Wildman–Crippen MR) is 133 cm³/mol. The SMILES string of the molecule is CC(C)CCCCCOC(=O)CCS.CC(C)CCCCCOC(=O)CCS.[Ca+2].[H-].[H-]. The summed E-state index contributed by atoms with van der Waals surface area (Å²) in [5.41, 5.74) is 0. The van der Waals surface area contributed by atoms with Crippen molar-refractivity contribution in [3.05, 3.63) is 0 Å². The van der Waals surface area contributed by atoms with Crippen molar-refractivity contribution in [2.24, 2.45) is 11.8 Å². The Balaban J connectivity index is -0.000000133. The molecule has 0 aromatic rings. The Kier molecular flexibility index (Phi) is 32.1. The van der Waals surface area contributed by atoms with Crippen LogP contribution in [0.2, 0.25) is 0 Å². The zero-order valence-electron chi connectivity index (χ0n) is 21.3. The average molecular weight is 479 g/mol. The third kappa shape index (κ3) is 33.7. The van der Waals surface area contributed by atoms with Gasteiger partial charge in [-0.25, -0.2) is 0 Å². The number of hydrogen-bond acceptors (Lipinski definition) is 6. The van der Waals surface area contributed by atoms with Crippen molar-refractivity contribution in [2.75, 3.05) is 24.7 Å². The molecule has 0 unspecified atom stereocenters.